The lowest BCUT2D eigenvalue weighted by Gasteiger charge is -2.09. The van der Waals surface area contributed by atoms with Gasteiger partial charge < -0.3 is 9.30 Å². The van der Waals surface area contributed by atoms with Crippen LogP contribution in [0, 0.1) is 0 Å². The predicted molar refractivity (Wildman–Crippen MR) is 146 cm³/mol. The van der Waals surface area contributed by atoms with Gasteiger partial charge in [0.1, 0.15) is 12.4 Å². The van der Waals surface area contributed by atoms with Gasteiger partial charge in [-0.2, -0.15) is 5.10 Å². The maximum atomic E-state index is 12.3. The van der Waals surface area contributed by atoms with Crippen LogP contribution in [-0.2, 0) is 18.4 Å². The standard InChI is InChI=1S/C25H21Br2N5O2S/c1-32-24(18-9-11-20(26)12-10-18)30-31-25(32)35-16-23(33)29-28-14-19-6-2-3-8-22(19)34-15-17-5-4-7-21(27)13-17/h2-14H,15-16H2,1H3,(H,29,33)/b28-14-. The van der Waals surface area contributed by atoms with Crippen molar-refractivity contribution in [3.8, 4) is 17.1 Å². The highest BCUT2D eigenvalue weighted by atomic mass is 79.9. The number of amides is 1. The second-order valence-electron chi connectivity index (χ2n) is 7.41. The Bertz CT molecular complexity index is 1340. The Labute approximate surface area is 224 Å². The summed E-state index contributed by atoms with van der Waals surface area (Å²) in [7, 11) is 1.88. The van der Waals surface area contributed by atoms with E-state index in [0.29, 0.717) is 17.5 Å². The summed E-state index contributed by atoms with van der Waals surface area (Å²) in [4.78, 5) is 12.3. The van der Waals surface area contributed by atoms with Crippen LogP contribution in [0.2, 0.25) is 0 Å². The molecule has 4 rings (SSSR count). The third kappa shape index (κ3) is 7.03. The maximum absolute atomic E-state index is 12.3. The minimum Gasteiger partial charge on any atom is -0.488 e. The molecule has 0 bridgehead atoms. The SMILES string of the molecule is Cn1c(SCC(=O)N/N=C\c2ccccc2OCc2cccc(Br)c2)nnc1-c1ccc(Br)cc1. The third-order valence-electron chi connectivity index (χ3n) is 4.86. The number of nitrogens with one attached hydrogen (secondary N) is 1. The Morgan fingerprint density at radius 2 is 1.86 bits per heavy atom. The monoisotopic (exact) mass is 613 g/mol. The van der Waals surface area contributed by atoms with Crippen LogP contribution in [0.5, 0.6) is 5.75 Å². The fraction of sp³-hybridized carbons (Fsp3) is 0.120. The van der Waals surface area contributed by atoms with Crippen molar-refractivity contribution in [3.05, 3.63) is 92.9 Å². The number of thioether (sulfide) groups is 1. The minimum atomic E-state index is -0.244. The first kappa shape index (κ1) is 25.2. The van der Waals surface area contributed by atoms with Crippen LogP contribution in [0.3, 0.4) is 0 Å². The Morgan fingerprint density at radius 1 is 1.06 bits per heavy atom. The quantitative estimate of drug-likeness (QED) is 0.146. The number of aromatic nitrogens is 3. The molecule has 7 nitrogen and oxygen atoms in total. The summed E-state index contributed by atoms with van der Waals surface area (Å²) in [6.45, 7) is 0.424. The van der Waals surface area contributed by atoms with Crippen molar-refractivity contribution in [1.82, 2.24) is 20.2 Å². The molecule has 3 aromatic carbocycles. The number of carbonyl (C=O) groups is 1. The molecule has 1 aromatic heterocycles. The van der Waals surface area contributed by atoms with Gasteiger partial charge in [-0.25, -0.2) is 5.43 Å². The zero-order valence-electron chi connectivity index (χ0n) is 18.7. The molecule has 4 aromatic rings. The van der Waals surface area contributed by atoms with Crippen molar-refractivity contribution in [2.24, 2.45) is 12.1 Å². The van der Waals surface area contributed by atoms with Crippen molar-refractivity contribution < 1.29 is 9.53 Å². The summed E-state index contributed by atoms with van der Waals surface area (Å²) in [5.74, 6) is 1.33. The van der Waals surface area contributed by atoms with Crippen molar-refractivity contribution in [2.75, 3.05) is 5.75 Å². The number of benzene rings is 3. The molecule has 0 aliphatic heterocycles. The summed E-state index contributed by atoms with van der Waals surface area (Å²) in [6.07, 6.45) is 1.58. The molecule has 35 heavy (non-hydrogen) atoms. The lowest BCUT2D eigenvalue weighted by Crippen LogP contribution is -2.20. The molecule has 0 aliphatic carbocycles. The van der Waals surface area contributed by atoms with Crippen LogP contribution >= 0.6 is 43.6 Å². The van der Waals surface area contributed by atoms with Crippen LogP contribution in [0.1, 0.15) is 11.1 Å². The number of para-hydroxylation sites is 1. The van der Waals surface area contributed by atoms with Gasteiger partial charge in [-0.1, -0.05) is 80.0 Å². The predicted octanol–water partition coefficient (Wildman–Crippen LogP) is 5.83. The molecular weight excluding hydrogens is 594 g/mol. The third-order valence-corrected chi connectivity index (χ3v) is 6.91. The highest BCUT2D eigenvalue weighted by Gasteiger charge is 2.13. The minimum absolute atomic E-state index is 0.157. The molecule has 0 aliphatic rings. The Balaban J connectivity index is 1.30. The van der Waals surface area contributed by atoms with Gasteiger partial charge in [0.25, 0.3) is 5.91 Å². The smallest absolute Gasteiger partial charge is 0.250 e. The fourth-order valence-corrected chi connectivity index (χ4v) is 4.55. The second kappa shape index (κ2) is 12.1. The number of nitrogens with zero attached hydrogens (tertiary/aromatic N) is 4. The van der Waals surface area contributed by atoms with E-state index in [1.54, 1.807) is 6.21 Å². The zero-order valence-corrected chi connectivity index (χ0v) is 22.7. The lowest BCUT2D eigenvalue weighted by molar-refractivity contribution is -0.118. The van der Waals surface area contributed by atoms with E-state index in [1.807, 2.05) is 84.4 Å². The van der Waals surface area contributed by atoms with Crippen LogP contribution in [0.25, 0.3) is 11.4 Å². The number of halogens is 2. The van der Waals surface area contributed by atoms with Crippen molar-refractivity contribution >= 4 is 55.7 Å². The summed E-state index contributed by atoms with van der Waals surface area (Å²) < 4.78 is 9.81. The van der Waals surface area contributed by atoms with E-state index in [0.717, 1.165) is 31.5 Å². The van der Waals surface area contributed by atoms with E-state index in [9.17, 15) is 4.79 Å². The van der Waals surface area contributed by atoms with Crippen LogP contribution in [0.15, 0.2) is 92.0 Å². The van der Waals surface area contributed by atoms with Crippen LogP contribution in [0.4, 0.5) is 0 Å². The average molecular weight is 615 g/mol. The first-order valence-electron chi connectivity index (χ1n) is 10.6. The number of hydrogen-bond acceptors (Lipinski definition) is 6. The summed E-state index contributed by atoms with van der Waals surface area (Å²) in [5.41, 5.74) is 5.32. The molecule has 0 atom stereocenters. The van der Waals surface area contributed by atoms with E-state index in [1.165, 1.54) is 11.8 Å². The fourth-order valence-electron chi connectivity index (χ4n) is 3.13. The molecule has 1 N–H and O–H groups in total. The molecule has 0 spiro atoms. The molecule has 0 fully saturated rings. The van der Waals surface area contributed by atoms with Crippen LogP contribution < -0.4 is 10.2 Å². The van der Waals surface area contributed by atoms with E-state index in [4.69, 9.17) is 4.74 Å². The van der Waals surface area contributed by atoms with Gasteiger partial charge in [-0.15, -0.1) is 10.2 Å². The first-order valence-corrected chi connectivity index (χ1v) is 13.1. The van der Waals surface area contributed by atoms with Gasteiger partial charge in [0.15, 0.2) is 11.0 Å². The first-order chi connectivity index (χ1) is 17.0. The van der Waals surface area contributed by atoms with E-state index in [2.05, 4.69) is 52.6 Å². The number of hydrogen-bond donors (Lipinski definition) is 1. The van der Waals surface area contributed by atoms with E-state index in [-0.39, 0.29) is 11.7 Å². The Kier molecular flexibility index (Phi) is 8.73. The van der Waals surface area contributed by atoms with Gasteiger partial charge in [0.05, 0.1) is 12.0 Å². The Hall–Kier alpha value is -2.95. The highest BCUT2D eigenvalue weighted by molar-refractivity contribution is 9.10. The molecule has 0 saturated heterocycles. The average Bonchev–Trinajstić information content (AvgIpc) is 3.23. The summed E-state index contributed by atoms with van der Waals surface area (Å²) in [5, 5.41) is 13.2. The normalized spacial score (nSPS) is 11.1. The van der Waals surface area contributed by atoms with Crippen molar-refractivity contribution in [2.45, 2.75) is 11.8 Å². The van der Waals surface area contributed by atoms with E-state index >= 15 is 0 Å². The molecular formula is C25H21Br2N5O2S. The van der Waals surface area contributed by atoms with Gasteiger partial charge >= 0.3 is 0 Å². The lowest BCUT2D eigenvalue weighted by atomic mass is 10.2. The zero-order chi connectivity index (χ0) is 24.6. The largest absolute Gasteiger partial charge is 0.488 e. The van der Waals surface area contributed by atoms with Gasteiger partial charge in [0, 0.05) is 27.1 Å². The van der Waals surface area contributed by atoms with Crippen molar-refractivity contribution in [1.29, 1.82) is 0 Å². The molecule has 1 amide bonds. The highest BCUT2D eigenvalue weighted by Crippen LogP contribution is 2.24. The van der Waals surface area contributed by atoms with Gasteiger partial charge in [-0.3, -0.25) is 4.79 Å². The summed E-state index contributed by atoms with van der Waals surface area (Å²) >= 11 is 8.19. The second-order valence-corrected chi connectivity index (χ2v) is 10.2. The summed E-state index contributed by atoms with van der Waals surface area (Å²) in [6, 6.07) is 23.3. The van der Waals surface area contributed by atoms with E-state index < -0.39 is 0 Å². The van der Waals surface area contributed by atoms with Gasteiger partial charge in [0.2, 0.25) is 0 Å². The van der Waals surface area contributed by atoms with Gasteiger partial charge in [-0.05, 0) is 42.0 Å². The van der Waals surface area contributed by atoms with Crippen LogP contribution in [-0.4, -0.2) is 32.6 Å². The Morgan fingerprint density at radius 3 is 2.66 bits per heavy atom. The number of rotatable bonds is 9. The molecule has 0 radical (unpaired) electrons. The molecule has 10 heteroatoms. The maximum Gasteiger partial charge on any atom is 0.250 e. The molecule has 0 saturated carbocycles. The molecule has 1 heterocycles. The molecule has 178 valence electrons. The topological polar surface area (TPSA) is 81.4 Å². The number of ether oxygens (including phenoxy) is 1. The number of carbonyl (C=O) groups excluding carboxylic acids is 1. The molecule has 0 unspecified atom stereocenters. The van der Waals surface area contributed by atoms with Crippen molar-refractivity contribution in [3.63, 3.8) is 0 Å². The number of hydrazone groups is 1.